The lowest BCUT2D eigenvalue weighted by Crippen LogP contribution is -2.15. The van der Waals surface area contributed by atoms with Crippen LogP contribution in [0, 0.1) is 6.92 Å². The summed E-state index contributed by atoms with van der Waals surface area (Å²) in [4.78, 5) is 4.58. The van der Waals surface area contributed by atoms with Crippen LogP contribution in [0.3, 0.4) is 0 Å². The van der Waals surface area contributed by atoms with Crippen molar-refractivity contribution in [1.82, 2.24) is 4.98 Å². The van der Waals surface area contributed by atoms with Crippen molar-refractivity contribution in [2.75, 3.05) is 6.61 Å². The highest BCUT2D eigenvalue weighted by atomic mass is 16.5. The van der Waals surface area contributed by atoms with Crippen LogP contribution in [-0.2, 0) is 4.74 Å². The molecule has 1 aromatic heterocycles. The van der Waals surface area contributed by atoms with E-state index in [4.69, 9.17) is 10.5 Å². The number of para-hydroxylation sites is 1. The van der Waals surface area contributed by atoms with Gasteiger partial charge in [-0.3, -0.25) is 4.98 Å². The van der Waals surface area contributed by atoms with Gasteiger partial charge in [-0.15, -0.1) is 0 Å². The maximum absolute atomic E-state index is 6.42. The lowest BCUT2D eigenvalue weighted by atomic mass is 9.96. The van der Waals surface area contributed by atoms with Crippen LogP contribution >= 0.6 is 0 Å². The Hall–Kier alpha value is -1.45. The third kappa shape index (κ3) is 2.84. The summed E-state index contributed by atoms with van der Waals surface area (Å²) in [6.45, 7) is 2.94. The lowest BCUT2D eigenvalue weighted by Gasteiger charge is -2.17. The number of rotatable bonds is 4. The second-order valence-corrected chi connectivity index (χ2v) is 5.69. The number of benzene rings is 1. The fourth-order valence-corrected chi connectivity index (χ4v) is 3.04. The molecule has 0 saturated carbocycles. The van der Waals surface area contributed by atoms with Crippen molar-refractivity contribution >= 4 is 10.9 Å². The highest BCUT2D eigenvalue weighted by Crippen LogP contribution is 2.27. The molecule has 2 atom stereocenters. The molecule has 0 aliphatic carbocycles. The van der Waals surface area contributed by atoms with Crippen LogP contribution < -0.4 is 5.73 Å². The van der Waals surface area contributed by atoms with E-state index >= 15 is 0 Å². The van der Waals surface area contributed by atoms with Crippen LogP contribution in [0.15, 0.2) is 30.3 Å². The van der Waals surface area contributed by atoms with Crippen molar-refractivity contribution in [3.63, 3.8) is 0 Å². The quantitative estimate of drug-likeness (QED) is 0.925. The van der Waals surface area contributed by atoms with Crippen LogP contribution in [-0.4, -0.2) is 17.7 Å². The number of hydrogen-bond acceptors (Lipinski definition) is 3. The highest BCUT2D eigenvalue weighted by molar-refractivity contribution is 5.82. The molecule has 1 fully saturated rings. The molecule has 20 heavy (non-hydrogen) atoms. The maximum Gasteiger partial charge on any atom is 0.0708 e. The van der Waals surface area contributed by atoms with Gasteiger partial charge in [-0.25, -0.2) is 0 Å². The summed E-state index contributed by atoms with van der Waals surface area (Å²) in [6.07, 6.45) is 4.81. The third-order valence-corrected chi connectivity index (χ3v) is 4.10. The molecule has 2 heterocycles. The molecule has 2 N–H and O–H groups in total. The normalized spacial score (nSPS) is 20.4. The molecule has 3 heteroatoms. The Morgan fingerprint density at radius 2 is 2.25 bits per heavy atom. The third-order valence-electron chi connectivity index (χ3n) is 4.10. The van der Waals surface area contributed by atoms with E-state index in [1.165, 1.54) is 23.8 Å². The molecule has 3 nitrogen and oxygen atoms in total. The van der Waals surface area contributed by atoms with Crippen molar-refractivity contribution in [3.8, 4) is 0 Å². The maximum atomic E-state index is 6.42. The van der Waals surface area contributed by atoms with E-state index in [1.54, 1.807) is 0 Å². The van der Waals surface area contributed by atoms with Gasteiger partial charge in [-0.05, 0) is 50.3 Å². The summed E-state index contributed by atoms with van der Waals surface area (Å²) < 4.78 is 5.68. The first-order valence-corrected chi connectivity index (χ1v) is 7.47. The van der Waals surface area contributed by atoms with E-state index in [0.29, 0.717) is 6.10 Å². The van der Waals surface area contributed by atoms with Gasteiger partial charge in [-0.2, -0.15) is 0 Å². The minimum absolute atomic E-state index is 0.0609. The minimum Gasteiger partial charge on any atom is -0.378 e. The molecule has 2 unspecified atom stereocenters. The first-order valence-electron chi connectivity index (χ1n) is 7.47. The number of aromatic nitrogens is 1. The molecular weight excluding hydrogens is 248 g/mol. The number of hydrogen-bond donors (Lipinski definition) is 1. The Kier molecular flexibility index (Phi) is 3.99. The zero-order valence-electron chi connectivity index (χ0n) is 12.0. The van der Waals surface area contributed by atoms with Crippen LogP contribution in [0.4, 0.5) is 0 Å². The van der Waals surface area contributed by atoms with E-state index < -0.39 is 0 Å². The Morgan fingerprint density at radius 3 is 3.05 bits per heavy atom. The Labute approximate surface area is 120 Å². The number of pyridine rings is 1. The number of aryl methyl sites for hydroxylation is 1. The molecule has 0 amide bonds. The molecule has 106 valence electrons. The van der Waals surface area contributed by atoms with Crippen molar-refractivity contribution in [3.05, 3.63) is 41.6 Å². The van der Waals surface area contributed by atoms with Gasteiger partial charge in [0.25, 0.3) is 0 Å². The molecule has 0 spiro atoms. The van der Waals surface area contributed by atoms with Crippen molar-refractivity contribution in [1.29, 1.82) is 0 Å². The zero-order valence-corrected chi connectivity index (χ0v) is 12.0. The Morgan fingerprint density at radius 1 is 1.40 bits per heavy atom. The molecule has 1 saturated heterocycles. The van der Waals surface area contributed by atoms with Crippen LogP contribution in [0.5, 0.6) is 0 Å². The van der Waals surface area contributed by atoms with E-state index in [9.17, 15) is 0 Å². The van der Waals surface area contributed by atoms with Gasteiger partial charge < -0.3 is 10.5 Å². The fourth-order valence-electron chi connectivity index (χ4n) is 3.04. The highest BCUT2D eigenvalue weighted by Gasteiger charge is 2.18. The predicted octanol–water partition coefficient (Wildman–Crippen LogP) is 3.50. The standard InChI is InChI=1S/C17H22N2O/c1-12-11-15(14-6-2-3-7-17(14)19-12)16(18)9-8-13-5-4-10-20-13/h2-3,6-7,11,13,16H,4-5,8-10,18H2,1H3. The van der Waals surface area contributed by atoms with Gasteiger partial charge in [0.15, 0.2) is 0 Å². The lowest BCUT2D eigenvalue weighted by molar-refractivity contribution is 0.101. The van der Waals surface area contributed by atoms with Crippen molar-refractivity contribution < 1.29 is 4.74 Å². The van der Waals surface area contributed by atoms with E-state index in [0.717, 1.165) is 30.7 Å². The summed E-state index contributed by atoms with van der Waals surface area (Å²) in [6, 6.07) is 10.4. The van der Waals surface area contributed by atoms with Gasteiger partial charge in [-0.1, -0.05) is 18.2 Å². The molecule has 0 bridgehead atoms. The molecule has 3 rings (SSSR count). The van der Waals surface area contributed by atoms with Crippen molar-refractivity contribution in [2.24, 2.45) is 5.73 Å². The minimum atomic E-state index is 0.0609. The predicted molar refractivity (Wildman–Crippen MR) is 81.6 cm³/mol. The first kappa shape index (κ1) is 13.5. The van der Waals surface area contributed by atoms with Gasteiger partial charge >= 0.3 is 0 Å². The van der Waals surface area contributed by atoms with Gasteiger partial charge in [0, 0.05) is 23.7 Å². The average molecular weight is 270 g/mol. The molecule has 0 radical (unpaired) electrons. The van der Waals surface area contributed by atoms with Crippen LogP contribution in [0.25, 0.3) is 10.9 Å². The fraction of sp³-hybridized carbons (Fsp3) is 0.471. The topological polar surface area (TPSA) is 48.1 Å². The van der Waals surface area contributed by atoms with E-state index in [-0.39, 0.29) is 6.04 Å². The summed E-state index contributed by atoms with van der Waals surface area (Å²) in [5.41, 5.74) is 9.71. The van der Waals surface area contributed by atoms with E-state index in [2.05, 4.69) is 29.2 Å². The number of fused-ring (bicyclic) bond motifs is 1. The number of nitrogens with two attached hydrogens (primary N) is 1. The van der Waals surface area contributed by atoms with Gasteiger partial charge in [0.05, 0.1) is 11.6 Å². The largest absolute Gasteiger partial charge is 0.378 e. The zero-order chi connectivity index (χ0) is 13.9. The summed E-state index contributed by atoms with van der Waals surface area (Å²) in [5, 5.41) is 1.18. The monoisotopic (exact) mass is 270 g/mol. The summed E-state index contributed by atoms with van der Waals surface area (Å²) in [5.74, 6) is 0. The first-order chi connectivity index (χ1) is 9.74. The van der Waals surface area contributed by atoms with E-state index in [1.807, 2.05) is 13.0 Å². The summed E-state index contributed by atoms with van der Waals surface area (Å²) >= 11 is 0. The Balaban J connectivity index is 1.81. The molecule has 1 aliphatic heterocycles. The number of ether oxygens (including phenoxy) is 1. The van der Waals surface area contributed by atoms with Gasteiger partial charge in [0.1, 0.15) is 0 Å². The second kappa shape index (κ2) is 5.90. The molecular formula is C17H22N2O. The summed E-state index contributed by atoms with van der Waals surface area (Å²) in [7, 11) is 0. The number of nitrogens with zero attached hydrogens (tertiary/aromatic N) is 1. The second-order valence-electron chi connectivity index (χ2n) is 5.69. The van der Waals surface area contributed by atoms with Crippen LogP contribution in [0.2, 0.25) is 0 Å². The SMILES string of the molecule is Cc1cc(C(N)CCC2CCCO2)c2ccccc2n1. The van der Waals surface area contributed by atoms with Gasteiger partial charge in [0.2, 0.25) is 0 Å². The molecule has 1 aliphatic rings. The average Bonchev–Trinajstić information content (AvgIpc) is 2.97. The van der Waals surface area contributed by atoms with Crippen LogP contribution in [0.1, 0.15) is 43.0 Å². The molecule has 1 aromatic carbocycles. The molecule has 2 aromatic rings. The Bertz CT molecular complexity index is 591. The smallest absolute Gasteiger partial charge is 0.0708 e. The van der Waals surface area contributed by atoms with Crippen molar-refractivity contribution in [2.45, 2.75) is 44.8 Å².